The van der Waals surface area contributed by atoms with Crippen molar-refractivity contribution < 1.29 is 14.4 Å². The standard InChI is InChI=1S/C21H37N3O2/c1-3-4-5-6-7-8-9-10-11-12-13-14-15-20-23-16-17-24(20,19(2)22)18-21(25)26/h9-10,16-17,19H,3-8,11-15,18,22H2,1-2H3/p+1/b10-9+. The predicted octanol–water partition coefficient (Wildman–Crippen LogP) is 4.94. The molecule has 0 radical (unpaired) electrons. The van der Waals surface area contributed by atoms with Crippen molar-refractivity contribution >= 4 is 11.8 Å². The fourth-order valence-electron chi connectivity index (χ4n) is 3.41. The molecule has 5 heteroatoms. The summed E-state index contributed by atoms with van der Waals surface area (Å²) in [6.07, 6.45) is 21.0. The molecule has 0 saturated heterocycles. The van der Waals surface area contributed by atoms with Gasteiger partial charge >= 0.3 is 5.97 Å². The average Bonchev–Trinajstić information content (AvgIpc) is 2.99. The zero-order chi connectivity index (χ0) is 19.3. The van der Waals surface area contributed by atoms with Gasteiger partial charge in [-0.25, -0.2) is 14.3 Å². The molecular formula is C21H38N3O2+. The molecule has 26 heavy (non-hydrogen) atoms. The number of carboxylic acids is 1. The normalized spacial score (nSPS) is 20.7. The molecule has 0 spiro atoms. The van der Waals surface area contributed by atoms with Crippen molar-refractivity contribution in [2.24, 2.45) is 10.7 Å². The Hall–Kier alpha value is -1.46. The van der Waals surface area contributed by atoms with E-state index in [9.17, 15) is 9.90 Å². The maximum atomic E-state index is 11.2. The maximum Gasteiger partial charge on any atom is 0.360 e. The number of hydrogen-bond acceptors (Lipinski definition) is 3. The van der Waals surface area contributed by atoms with Gasteiger partial charge in [-0.05, 0) is 32.1 Å². The molecule has 0 aromatic heterocycles. The van der Waals surface area contributed by atoms with E-state index in [2.05, 4.69) is 24.1 Å². The monoisotopic (exact) mass is 364 g/mol. The van der Waals surface area contributed by atoms with Crippen LogP contribution in [0.2, 0.25) is 0 Å². The zero-order valence-corrected chi connectivity index (χ0v) is 16.7. The number of amidine groups is 1. The van der Waals surface area contributed by atoms with Gasteiger partial charge in [0.05, 0.1) is 6.20 Å². The highest BCUT2D eigenvalue weighted by atomic mass is 16.4. The van der Waals surface area contributed by atoms with Crippen LogP contribution in [0.15, 0.2) is 29.5 Å². The lowest BCUT2D eigenvalue weighted by Gasteiger charge is -2.34. The van der Waals surface area contributed by atoms with Crippen LogP contribution in [0.25, 0.3) is 0 Å². The van der Waals surface area contributed by atoms with E-state index in [1.165, 1.54) is 44.9 Å². The summed E-state index contributed by atoms with van der Waals surface area (Å²) in [6, 6.07) is 0. The van der Waals surface area contributed by atoms with Crippen molar-refractivity contribution in [2.45, 2.75) is 90.6 Å². The lowest BCUT2D eigenvalue weighted by Crippen LogP contribution is -2.59. The van der Waals surface area contributed by atoms with Gasteiger partial charge in [0.25, 0.3) is 0 Å². The molecule has 1 aliphatic rings. The zero-order valence-electron chi connectivity index (χ0n) is 16.7. The molecular weight excluding hydrogens is 326 g/mol. The second kappa shape index (κ2) is 12.8. The van der Waals surface area contributed by atoms with Crippen molar-refractivity contribution in [3.8, 4) is 0 Å². The molecule has 0 bridgehead atoms. The lowest BCUT2D eigenvalue weighted by molar-refractivity contribution is -0.805. The molecule has 148 valence electrons. The van der Waals surface area contributed by atoms with Gasteiger partial charge in [-0.15, -0.1) is 0 Å². The SMILES string of the molecule is CCCCCCC/C=C/CCCCCC1=NC=C[N+]1(CC(=O)O)C(C)N. The fraction of sp³-hybridized carbons (Fsp3) is 0.714. The van der Waals surface area contributed by atoms with Crippen molar-refractivity contribution in [2.75, 3.05) is 6.54 Å². The number of nitrogens with two attached hydrogens (primary N) is 1. The summed E-state index contributed by atoms with van der Waals surface area (Å²) < 4.78 is 0.160. The minimum absolute atomic E-state index is 0.0337. The molecule has 0 fully saturated rings. The fourth-order valence-corrected chi connectivity index (χ4v) is 3.41. The van der Waals surface area contributed by atoms with E-state index in [-0.39, 0.29) is 17.2 Å². The molecule has 0 aliphatic carbocycles. The molecule has 2 unspecified atom stereocenters. The van der Waals surface area contributed by atoms with Crippen molar-refractivity contribution in [1.82, 2.24) is 0 Å². The first-order chi connectivity index (χ1) is 12.5. The van der Waals surface area contributed by atoms with Crippen LogP contribution in [0.5, 0.6) is 0 Å². The molecule has 2 atom stereocenters. The minimum atomic E-state index is -0.846. The number of carboxylic acid groups (broad SMARTS) is 1. The third-order valence-corrected chi connectivity index (χ3v) is 5.07. The van der Waals surface area contributed by atoms with Gasteiger partial charge in [0.15, 0.2) is 6.54 Å². The number of aliphatic imine (C=N–C) groups is 1. The van der Waals surface area contributed by atoms with E-state index in [1.807, 2.05) is 13.1 Å². The minimum Gasteiger partial charge on any atom is -0.477 e. The van der Waals surface area contributed by atoms with Crippen LogP contribution in [0.3, 0.4) is 0 Å². The highest BCUT2D eigenvalue weighted by Crippen LogP contribution is 2.23. The topological polar surface area (TPSA) is 75.7 Å². The average molecular weight is 365 g/mol. The van der Waals surface area contributed by atoms with Crippen molar-refractivity contribution in [1.29, 1.82) is 0 Å². The predicted molar refractivity (Wildman–Crippen MR) is 109 cm³/mol. The maximum absolute atomic E-state index is 11.2. The molecule has 0 amide bonds. The van der Waals surface area contributed by atoms with E-state index in [0.717, 1.165) is 31.5 Å². The van der Waals surface area contributed by atoms with Gasteiger partial charge in [-0.1, -0.05) is 51.2 Å². The van der Waals surface area contributed by atoms with Crippen LogP contribution < -0.4 is 5.73 Å². The Kier molecular flexibility index (Phi) is 11.1. The molecule has 1 rings (SSSR count). The summed E-state index contributed by atoms with van der Waals surface area (Å²) in [5.41, 5.74) is 6.08. The molecule has 0 saturated carbocycles. The smallest absolute Gasteiger partial charge is 0.360 e. The summed E-state index contributed by atoms with van der Waals surface area (Å²) in [5, 5.41) is 9.21. The first-order valence-electron chi connectivity index (χ1n) is 10.3. The number of rotatable bonds is 15. The van der Waals surface area contributed by atoms with Gasteiger partial charge in [-0.3, -0.25) is 5.73 Å². The van der Waals surface area contributed by atoms with Crippen LogP contribution in [0.1, 0.15) is 84.5 Å². The van der Waals surface area contributed by atoms with E-state index >= 15 is 0 Å². The molecule has 1 heterocycles. The van der Waals surface area contributed by atoms with Crippen molar-refractivity contribution in [3.63, 3.8) is 0 Å². The third kappa shape index (κ3) is 7.83. The van der Waals surface area contributed by atoms with Gasteiger partial charge in [0, 0.05) is 13.3 Å². The first kappa shape index (κ1) is 22.6. The van der Waals surface area contributed by atoms with Gasteiger partial charge in [0.1, 0.15) is 12.4 Å². The number of unbranched alkanes of at least 4 members (excludes halogenated alkanes) is 8. The number of carbonyl (C=O) groups is 1. The second-order valence-corrected chi connectivity index (χ2v) is 7.34. The largest absolute Gasteiger partial charge is 0.477 e. The molecule has 5 nitrogen and oxygen atoms in total. The number of quaternary nitrogens is 1. The molecule has 0 aromatic carbocycles. The Labute approximate surface area is 159 Å². The van der Waals surface area contributed by atoms with Crippen LogP contribution in [0.4, 0.5) is 0 Å². The molecule has 1 aliphatic heterocycles. The summed E-state index contributed by atoms with van der Waals surface area (Å²) in [5.74, 6) is 0.0337. The van der Waals surface area contributed by atoms with Crippen molar-refractivity contribution in [3.05, 3.63) is 24.6 Å². The first-order valence-corrected chi connectivity index (χ1v) is 10.3. The Bertz CT molecular complexity index is 497. The number of aliphatic carboxylic acids is 1. The number of allylic oxidation sites excluding steroid dienone is 2. The Morgan fingerprint density at radius 1 is 1.15 bits per heavy atom. The van der Waals surface area contributed by atoms with E-state index in [1.54, 1.807) is 6.20 Å². The highest BCUT2D eigenvalue weighted by molar-refractivity contribution is 5.81. The quantitative estimate of drug-likeness (QED) is 0.245. The Morgan fingerprint density at radius 3 is 2.35 bits per heavy atom. The molecule has 3 N–H and O–H groups in total. The summed E-state index contributed by atoms with van der Waals surface area (Å²) in [6.45, 7) is 4.06. The Balaban J connectivity index is 2.18. The number of nitrogens with zero attached hydrogens (tertiary/aromatic N) is 2. The van der Waals surface area contributed by atoms with Crippen LogP contribution >= 0.6 is 0 Å². The van der Waals surface area contributed by atoms with E-state index in [0.29, 0.717) is 0 Å². The van der Waals surface area contributed by atoms with Crippen LogP contribution in [-0.2, 0) is 4.79 Å². The second-order valence-electron chi connectivity index (χ2n) is 7.34. The number of hydrogen-bond donors (Lipinski definition) is 2. The summed E-state index contributed by atoms with van der Waals surface area (Å²) in [4.78, 5) is 15.6. The third-order valence-electron chi connectivity index (χ3n) is 5.07. The van der Waals surface area contributed by atoms with Crippen LogP contribution in [0, 0.1) is 0 Å². The van der Waals surface area contributed by atoms with Gasteiger partial charge in [-0.2, -0.15) is 0 Å². The molecule has 0 aromatic rings. The van der Waals surface area contributed by atoms with E-state index < -0.39 is 5.97 Å². The summed E-state index contributed by atoms with van der Waals surface area (Å²) >= 11 is 0. The Morgan fingerprint density at radius 2 is 1.77 bits per heavy atom. The van der Waals surface area contributed by atoms with E-state index in [4.69, 9.17) is 5.73 Å². The van der Waals surface area contributed by atoms with Gasteiger partial charge < -0.3 is 5.11 Å². The van der Waals surface area contributed by atoms with Gasteiger partial charge in [0.2, 0.25) is 5.84 Å². The van der Waals surface area contributed by atoms with Crippen LogP contribution in [-0.4, -0.2) is 34.1 Å². The highest BCUT2D eigenvalue weighted by Gasteiger charge is 2.40. The summed E-state index contributed by atoms with van der Waals surface area (Å²) in [7, 11) is 0. The lowest BCUT2D eigenvalue weighted by atomic mass is 10.1.